The molecule has 1 aliphatic rings. The summed E-state index contributed by atoms with van der Waals surface area (Å²) in [5.74, 6) is 1.20. The first-order chi connectivity index (χ1) is 14.4. The quantitative estimate of drug-likeness (QED) is 0.601. The van der Waals surface area contributed by atoms with E-state index in [1.165, 1.54) is 11.1 Å². The van der Waals surface area contributed by atoms with Crippen LogP contribution >= 0.6 is 0 Å². The number of aliphatic carboxylic acids is 1. The van der Waals surface area contributed by atoms with Gasteiger partial charge in [0.15, 0.2) is 0 Å². The standard InChI is InChI=1S/C24H28N2O4/c1-15(2)13-26-24-16(3)8-17(9-19(24)12-25-26)14-30-20-4-5-21-18(10-23(27)28)6-7-29-22(21)11-20/h4-5,8-9,11-12,15,18H,6-7,10,13-14H2,1-3H3,(H,27,28). The van der Waals surface area contributed by atoms with E-state index in [1.54, 1.807) is 0 Å². The van der Waals surface area contributed by atoms with E-state index in [-0.39, 0.29) is 12.3 Å². The molecule has 4 rings (SSSR count). The second-order valence-electron chi connectivity index (χ2n) is 8.49. The molecule has 0 radical (unpaired) electrons. The first-order valence-corrected chi connectivity index (χ1v) is 10.5. The Morgan fingerprint density at radius 1 is 1.33 bits per heavy atom. The Hall–Kier alpha value is -3.02. The van der Waals surface area contributed by atoms with Crippen LogP contribution in [-0.4, -0.2) is 27.5 Å². The highest BCUT2D eigenvalue weighted by Gasteiger charge is 2.24. The highest BCUT2D eigenvalue weighted by atomic mass is 16.5. The third-order valence-electron chi connectivity index (χ3n) is 5.50. The molecule has 1 aromatic heterocycles. The van der Waals surface area contributed by atoms with Gasteiger partial charge < -0.3 is 14.6 Å². The van der Waals surface area contributed by atoms with Crippen molar-refractivity contribution in [2.24, 2.45) is 5.92 Å². The fourth-order valence-electron chi connectivity index (χ4n) is 4.22. The van der Waals surface area contributed by atoms with E-state index >= 15 is 0 Å². The van der Waals surface area contributed by atoms with Crippen molar-refractivity contribution in [2.75, 3.05) is 6.61 Å². The van der Waals surface area contributed by atoms with E-state index in [4.69, 9.17) is 14.6 Å². The number of carboxylic acids is 1. The van der Waals surface area contributed by atoms with Gasteiger partial charge in [0.2, 0.25) is 0 Å². The van der Waals surface area contributed by atoms with Crippen LogP contribution in [0.1, 0.15) is 49.3 Å². The fourth-order valence-corrected chi connectivity index (χ4v) is 4.22. The van der Waals surface area contributed by atoms with Crippen LogP contribution in [0.4, 0.5) is 0 Å². The van der Waals surface area contributed by atoms with Crippen molar-refractivity contribution < 1.29 is 19.4 Å². The maximum atomic E-state index is 11.1. The lowest BCUT2D eigenvalue weighted by Crippen LogP contribution is -2.17. The van der Waals surface area contributed by atoms with Gasteiger partial charge in [-0.05, 0) is 48.1 Å². The van der Waals surface area contributed by atoms with Gasteiger partial charge in [-0.3, -0.25) is 9.48 Å². The van der Waals surface area contributed by atoms with Gasteiger partial charge in [-0.25, -0.2) is 0 Å². The summed E-state index contributed by atoms with van der Waals surface area (Å²) in [6, 6.07) is 9.98. The van der Waals surface area contributed by atoms with E-state index in [0.29, 0.717) is 19.1 Å². The second kappa shape index (κ2) is 8.38. The zero-order valence-electron chi connectivity index (χ0n) is 17.7. The van der Waals surface area contributed by atoms with Crippen LogP contribution in [0.25, 0.3) is 10.9 Å². The number of nitrogens with zero attached hydrogens (tertiary/aromatic N) is 2. The van der Waals surface area contributed by atoms with Gasteiger partial charge in [0, 0.05) is 23.9 Å². The molecule has 30 heavy (non-hydrogen) atoms. The summed E-state index contributed by atoms with van der Waals surface area (Å²) >= 11 is 0. The largest absolute Gasteiger partial charge is 0.493 e. The topological polar surface area (TPSA) is 73.6 Å². The lowest BCUT2D eigenvalue weighted by atomic mass is 9.90. The van der Waals surface area contributed by atoms with E-state index in [0.717, 1.165) is 41.0 Å². The molecule has 0 saturated carbocycles. The molecule has 0 saturated heterocycles. The van der Waals surface area contributed by atoms with Crippen molar-refractivity contribution in [3.63, 3.8) is 0 Å². The monoisotopic (exact) mass is 408 g/mol. The summed E-state index contributed by atoms with van der Waals surface area (Å²) in [5, 5.41) is 14.8. The maximum Gasteiger partial charge on any atom is 0.303 e. The average molecular weight is 408 g/mol. The Morgan fingerprint density at radius 2 is 2.17 bits per heavy atom. The SMILES string of the molecule is Cc1cc(COc2ccc3c(c2)OCCC3CC(=O)O)cc2cnn(CC(C)C)c12. The van der Waals surface area contributed by atoms with Crippen LogP contribution in [0.15, 0.2) is 36.5 Å². The number of hydrogen-bond acceptors (Lipinski definition) is 4. The normalized spacial score (nSPS) is 15.8. The molecule has 0 spiro atoms. The average Bonchev–Trinajstić information content (AvgIpc) is 3.08. The zero-order valence-corrected chi connectivity index (χ0v) is 17.7. The van der Waals surface area contributed by atoms with Gasteiger partial charge in [-0.2, -0.15) is 5.10 Å². The smallest absolute Gasteiger partial charge is 0.303 e. The van der Waals surface area contributed by atoms with E-state index in [2.05, 4.69) is 42.7 Å². The lowest BCUT2D eigenvalue weighted by molar-refractivity contribution is -0.137. The third kappa shape index (κ3) is 4.27. The van der Waals surface area contributed by atoms with Crippen molar-refractivity contribution in [3.8, 4) is 11.5 Å². The third-order valence-corrected chi connectivity index (χ3v) is 5.50. The number of aromatic nitrogens is 2. The van der Waals surface area contributed by atoms with Crippen LogP contribution in [0.3, 0.4) is 0 Å². The Morgan fingerprint density at radius 3 is 2.93 bits per heavy atom. The minimum Gasteiger partial charge on any atom is -0.493 e. The lowest BCUT2D eigenvalue weighted by Gasteiger charge is -2.25. The summed E-state index contributed by atoms with van der Waals surface area (Å²) < 4.78 is 13.9. The molecule has 1 aliphatic heterocycles. The Bertz CT molecular complexity index is 1070. The summed E-state index contributed by atoms with van der Waals surface area (Å²) in [7, 11) is 0. The van der Waals surface area contributed by atoms with E-state index in [1.807, 2.05) is 24.4 Å². The van der Waals surface area contributed by atoms with Crippen molar-refractivity contribution in [1.82, 2.24) is 9.78 Å². The first-order valence-electron chi connectivity index (χ1n) is 10.5. The van der Waals surface area contributed by atoms with Crippen LogP contribution in [0, 0.1) is 12.8 Å². The van der Waals surface area contributed by atoms with Gasteiger partial charge in [0.05, 0.1) is 24.7 Å². The molecular weight excluding hydrogens is 380 g/mol. The van der Waals surface area contributed by atoms with E-state index < -0.39 is 5.97 Å². The number of aryl methyl sites for hydroxylation is 1. The number of benzene rings is 2. The first kappa shape index (κ1) is 20.3. The summed E-state index contributed by atoms with van der Waals surface area (Å²) in [5.41, 5.74) is 4.41. The van der Waals surface area contributed by atoms with Gasteiger partial charge in [-0.15, -0.1) is 0 Å². The second-order valence-corrected chi connectivity index (χ2v) is 8.49. The Labute approximate surface area is 176 Å². The molecular formula is C24H28N2O4. The predicted octanol–water partition coefficient (Wildman–Crippen LogP) is 4.92. The minimum atomic E-state index is -0.782. The maximum absolute atomic E-state index is 11.1. The van der Waals surface area contributed by atoms with Crippen molar-refractivity contribution in [3.05, 3.63) is 53.2 Å². The zero-order chi connectivity index (χ0) is 21.3. The van der Waals surface area contributed by atoms with Gasteiger partial charge in [-0.1, -0.05) is 26.0 Å². The van der Waals surface area contributed by atoms with Crippen molar-refractivity contribution in [2.45, 2.75) is 52.7 Å². The summed E-state index contributed by atoms with van der Waals surface area (Å²) in [6.45, 7) is 8.38. The van der Waals surface area contributed by atoms with Gasteiger partial charge >= 0.3 is 5.97 Å². The van der Waals surface area contributed by atoms with Gasteiger partial charge in [0.1, 0.15) is 18.1 Å². The van der Waals surface area contributed by atoms with Crippen LogP contribution in [0.2, 0.25) is 0 Å². The molecule has 6 nitrogen and oxygen atoms in total. The fraction of sp³-hybridized carbons (Fsp3) is 0.417. The molecule has 3 aromatic rings. The number of hydrogen-bond donors (Lipinski definition) is 1. The molecule has 2 aromatic carbocycles. The summed E-state index contributed by atoms with van der Waals surface area (Å²) in [6.07, 6.45) is 2.77. The molecule has 1 unspecified atom stereocenters. The van der Waals surface area contributed by atoms with Crippen molar-refractivity contribution >= 4 is 16.9 Å². The number of rotatable bonds is 7. The van der Waals surface area contributed by atoms with Crippen molar-refractivity contribution in [1.29, 1.82) is 0 Å². The molecule has 0 amide bonds. The van der Waals surface area contributed by atoms with Crippen LogP contribution in [0.5, 0.6) is 11.5 Å². The Balaban J connectivity index is 1.50. The number of carboxylic acid groups (broad SMARTS) is 1. The molecule has 2 heterocycles. The predicted molar refractivity (Wildman–Crippen MR) is 115 cm³/mol. The van der Waals surface area contributed by atoms with Gasteiger partial charge in [0.25, 0.3) is 0 Å². The minimum absolute atomic E-state index is 0.00673. The number of ether oxygens (including phenoxy) is 2. The molecule has 0 fully saturated rings. The highest BCUT2D eigenvalue weighted by molar-refractivity contribution is 5.82. The highest BCUT2D eigenvalue weighted by Crippen LogP contribution is 2.38. The molecule has 1 atom stereocenters. The number of carbonyl (C=O) groups is 1. The summed E-state index contributed by atoms with van der Waals surface area (Å²) in [4.78, 5) is 11.1. The van der Waals surface area contributed by atoms with Crippen LogP contribution in [-0.2, 0) is 17.9 Å². The Kier molecular flexibility index (Phi) is 5.66. The molecule has 1 N–H and O–H groups in total. The molecule has 6 heteroatoms. The van der Waals surface area contributed by atoms with E-state index in [9.17, 15) is 4.79 Å². The molecule has 0 aliphatic carbocycles. The molecule has 0 bridgehead atoms. The molecule has 158 valence electrons. The number of fused-ring (bicyclic) bond motifs is 2. The van der Waals surface area contributed by atoms with Crippen LogP contribution < -0.4 is 9.47 Å².